The molecule has 1 aromatic rings. The Bertz CT molecular complexity index is 475. The van der Waals surface area contributed by atoms with Crippen LogP contribution in [0, 0.1) is 12.3 Å². The summed E-state index contributed by atoms with van der Waals surface area (Å²) in [5.41, 5.74) is 7.06. The monoisotopic (exact) mass is 262 g/mol. The Morgan fingerprint density at radius 3 is 2.74 bits per heavy atom. The first kappa shape index (κ1) is 13.8. The number of aryl methyl sites for hydroxylation is 1. The highest BCUT2D eigenvalue weighted by Gasteiger charge is 2.27. The molecule has 19 heavy (non-hydrogen) atoms. The summed E-state index contributed by atoms with van der Waals surface area (Å²) in [4.78, 5) is 6.51. The van der Waals surface area contributed by atoms with Crippen molar-refractivity contribution in [1.82, 2.24) is 4.98 Å². The van der Waals surface area contributed by atoms with Crippen LogP contribution in [0.3, 0.4) is 0 Å². The standard InChI is InChI=1S/C14H22N4O/c1-9-7-10(14(15)16)8-13(17-9)18(2)11-5-3-4-6-12(11)19/h7-8,11-12,19H,3-6H2,1-2H3,(H3,15,16). The molecule has 0 saturated heterocycles. The van der Waals surface area contributed by atoms with E-state index < -0.39 is 0 Å². The van der Waals surface area contributed by atoms with Crippen molar-refractivity contribution >= 4 is 11.7 Å². The normalized spacial score (nSPS) is 23.1. The van der Waals surface area contributed by atoms with Gasteiger partial charge in [0, 0.05) is 18.3 Å². The molecule has 104 valence electrons. The molecule has 2 unspecified atom stereocenters. The van der Waals surface area contributed by atoms with Gasteiger partial charge in [-0.15, -0.1) is 0 Å². The molecule has 1 fully saturated rings. The van der Waals surface area contributed by atoms with Crippen molar-refractivity contribution < 1.29 is 5.11 Å². The molecule has 4 N–H and O–H groups in total. The van der Waals surface area contributed by atoms with Crippen molar-refractivity contribution in [3.05, 3.63) is 23.4 Å². The largest absolute Gasteiger partial charge is 0.391 e. The molecule has 0 bridgehead atoms. The van der Waals surface area contributed by atoms with E-state index in [9.17, 15) is 5.11 Å². The molecule has 1 aromatic heterocycles. The summed E-state index contributed by atoms with van der Waals surface area (Å²) in [6, 6.07) is 3.72. The zero-order valence-corrected chi connectivity index (χ0v) is 11.6. The van der Waals surface area contributed by atoms with Gasteiger partial charge in [0.1, 0.15) is 11.7 Å². The minimum absolute atomic E-state index is 0.0457. The predicted molar refractivity (Wildman–Crippen MR) is 76.7 cm³/mol. The molecule has 1 aliphatic carbocycles. The molecule has 0 aromatic carbocycles. The number of anilines is 1. The fourth-order valence-electron chi connectivity index (χ4n) is 2.70. The summed E-state index contributed by atoms with van der Waals surface area (Å²) in [6.07, 6.45) is 3.74. The summed E-state index contributed by atoms with van der Waals surface area (Å²) in [7, 11) is 1.95. The third-order valence-corrected chi connectivity index (χ3v) is 3.80. The van der Waals surface area contributed by atoms with Gasteiger partial charge in [-0.2, -0.15) is 0 Å². The zero-order valence-electron chi connectivity index (χ0n) is 11.6. The van der Waals surface area contributed by atoms with Crippen LogP contribution in [0.15, 0.2) is 12.1 Å². The maximum absolute atomic E-state index is 10.1. The Morgan fingerprint density at radius 2 is 2.11 bits per heavy atom. The van der Waals surface area contributed by atoms with Crippen LogP contribution in [0.4, 0.5) is 5.82 Å². The van der Waals surface area contributed by atoms with E-state index in [0.29, 0.717) is 5.56 Å². The number of nitrogens with two attached hydrogens (primary N) is 1. The molecular weight excluding hydrogens is 240 g/mol. The number of pyridine rings is 1. The number of nitrogen functional groups attached to an aromatic ring is 1. The zero-order chi connectivity index (χ0) is 14.0. The van der Waals surface area contributed by atoms with Gasteiger partial charge in [0.15, 0.2) is 0 Å². The van der Waals surface area contributed by atoms with Crippen LogP contribution in [0.25, 0.3) is 0 Å². The summed E-state index contributed by atoms with van der Waals surface area (Å²) in [6.45, 7) is 1.89. The number of hydrogen-bond donors (Lipinski definition) is 3. The molecule has 5 nitrogen and oxygen atoms in total. The number of rotatable bonds is 3. The van der Waals surface area contributed by atoms with E-state index in [1.54, 1.807) is 6.07 Å². The van der Waals surface area contributed by atoms with Gasteiger partial charge in [0.05, 0.1) is 12.1 Å². The lowest BCUT2D eigenvalue weighted by atomic mass is 9.91. The molecule has 1 aliphatic rings. The van der Waals surface area contributed by atoms with Gasteiger partial charge in [-0.05, 0) is 31.9 Å². The van der Waals surface area contributed by atoms with E-state index in [2.05, 4.69) is 4.98 Å². The van der Waals surface area contributed by atoms with E-state index in [1.165, 1.54) is 0 Å². The third-order valence-electron chi connectivity index (χ3n) is 3.80. The minimum Gasteiger partial charge on any atom is -0.391 e. The Morgan fingerprint density at radius 1 is 1.42 bits per heavy atom. The predicted octanol–water partition coefficient (Wildman–Crippen LogP) is 1.41. The van der Waals surface area contributed by atoms with E-state index >= 15 is 0 Å². The maximum Gasteiger partial charge on any atom is 0.129 e. The number of aromatic nitrogens is 1. The van der Waals surface area contributed by atoms with E-state index in [1.807, 2.05) is 24.9 Å². The van der Waals surface area contributed by atoms with Crippen LogP contribution in [0.1, 0.15) is 36.9 Å². The number of aliphatic hydroxyl groups is 1. The van der Waals surface area contributed by atoms with E-state index in [4.69, 9.17) is 11.1 Å². The highest BCUT2D eigenvalue weighted by Crippen LogP contribution is 2.26. The lowest BCUT2D eigenvalue weighted by Crippen LogP contribution is -2.44. The van der Waals surface area contributed by atoms with Crippen LogP contribution >= 0.6 is 0 Å². The summed E-state index contributed by atoms with van der Waals surface area (Å²) in [5, 5.41) is 17.6. The Labute approximate surface area is 114 Å². The average molecular weight is 262 g/mol. The SMILES string of the molecule is Cc1cc(C(=N)N)cc(N(C)C2CCCCC2O)n1. The summed E-state index contributed by atoms with van der Waals surface area (Å²) < 4.78 is 0. The van der Waals surface area contributed by atoms with E-state index in [-0.39, 0.29) is 18.0 Å². The van der Waals surface area contributed by atoms with Crippen LogP contribution in [-0.4, -0.2) is 35.1 Å². The molecule has 0 spiro atoms. The highest BCUT2D eigenvalue weighted by atomic mass is 16.3. The Hall–Kier alpha value is -1.62. The van der Waals surface area contributed by atoms with Crippen molar-refractivity contribution in [3.8, 4) is 0 Å². The van der Waals surface area contributed by atoms with Gasteiger partial charge in [-0.3, -0.25) is 5.41 Å². The topological polar surface area (TPSA) is 86.2 Å². The van der Waals surface area contributed by atoms with Gasteiger partial charge < -0.3 is 15.7 Å². The molecule has 0 amide bonds. The third kappa shape index (κ3) is 3.04. The first-order valence-corrected chi connectivity index (χ1v) is 6.73. The van der Waals surface area contributed by atoms with Crippen molar-refractivity contribution in [3.63, 3.8) is 0 Å². The average Bonchev–Trinajstić information content (AvgIpc) is 2.37. The second-order valence-electron chi connectivity index (χ2n) is 5.30. The van der Waals surface area contributed by atoms with Crippen molar-refractivity contribution in [2.75, 3.05) is 11.9 Å². The number of amidine groups is 1. The first-order valence-electron chi connectivity index (χ1n) is 6.73. The molecule has 5 heteroatoms. The van der Waals surface area contributed by atoms with Gasteiger partial charge in [-0.25, -0.2) is 4.98 Å². The Kier molecular flexibility index (Phi) is 4.04. The summed E-state index contributed by atoms with van der Waals surface area (Å²) >= 11 is 0. The molecule has 1 heterocycles. The fourth-order valence-corrected chi connectivity index (χ4v) is 2.70. The van der Waals surface area contributed by atoms with Crippen LogP contribution in [-0.2, 0) is 0 Å². The number of likely N-dealkylation sites (N-methyl/N-ethyl adjacent to an activating group) is 1. The number of aliphatic hydroxyl groups excluding tert-OH is 1. The van der Waals surface area contributed by atoms with Gasteiger partial charge in [0.2, 0.25) is 0 Å². The second kappa shape index (κ2) is 5.57. The molecular formula is C14H22N4O. The van der Waals surface area contributed by atoms with Crippen molar-refractivity contribution in [2.24, 2.45) is 5.73 Å². The van der Waals surface area contributed by atoms with E-state index in [0.717, 1.165) is 37.2 Å². The lowest BCUT2D eigenvalue weighted by molar-refractivity contribution is 0.106. The lowest BCUT2D eigenvalue weighted by Gasteiger charge is -2.36. The van der Waals surface area contributed by atoms with Crippen molar-refractivity contribution in [1.29, 1.82) is 5.41 Å². The van der Waals surface area contributed by atoms with Gasteiger partial charge in [0.25, 0.3) is 0 Å². The second-order valence-corrected chi connectivity index (χ2v) is 5.30. The molecule has 2 rings (SSSR count). The van der Waals surface area contributed by atoms with Crippen LogP contribution < -0.4 is 10.6 Å². The molecule has 2 atom stereocenters. The number of nitrogens with one attached hydrogen (secondary N) is 1. The molecule has 0 aliphatic heterocycles. The molecule has 1 saturated carbocycles. The smallest absolute Gasteiger partial charge is 0.129 e. The Balaban J connectivity index is 2.27. The number of nitrogens with zero attached hydrogens (tertiary/aromatic N) is 2. The molecule has 0 radical (unpaired) electrons. The quantitative estimate of drug-likeness (QED) is 0.568. The number of hydrogen-bond acceptors (Lipinski definition) is 4. The first-order chi connectivity index (χ1) is 8.99. The minimum atomic E-state index is -0.304. The summed E-state index contributed by atoms with van der Waals surface area (Å²) in [5.74, 6) is 0.820. The fraction of sp³-hybridized carbons (Fsp3) is 0.571. The maximum atomic E-state index is 10.1. The van der Waals surface area contributed by atoms with Gasteiger partial charge in [-0.1, -0.05) is 12.8 Å². The van der Waals surface area contributed by atoms with Crippen LogP contribution in [0.5, 0.6) is 0 Å². The van der Waals surface area contributed by atoms with Gasteiger partial charge >= 0.3 is 0 Å². The van der Waals surface area contributed by atoms with Crippen LogP contribution in [0.2, 0.25) is 0 Å². The van der Waals surface area contributed by atoms with Crippen molar-refractivity contribution in [2.45, 2.75) is 44.8 Å². The highest BCUT2D eigenvalue weighted by molar-refractivity contribution is 5.95.